The Labute approximate surface area is 213 Å². The second kappa shape index (κ2) is 8.68. The molecule has 2 heterocycles. The van der Waals surface area contributed by atoms with Crippen LogP contribution in [0.2, 0.25) is 0 Å². The molecule has 0 bridgehead atoms. The zero-order valence-electron chi connectivity index (χ0n) is 20.0. The molecule has 4 aromatic rings. The molecule has 6 nitrogen and oxygen atoms in total. The Kier molecular flexibility index (Phi) is 5.30. The van der Waals surface area contributed by atoms with E-state index in [1.807, 2.05) is 49.4 Å². The number of carbonyl (C=O) groups excluding carboxylic acids is 4. The molecule has 180 valence electrons. The molecule has 6 heteroatoms. The maximum Gasteiger partial charge on any atom is 0.266 e. The number of carbonyl (C=O) groups is 4. The van der Waals surface area contributed by atoms with Crippen LogP contribution in [0.1, 0.15) is 58.6 Å². The van der Waals surface area contributed by atoms with E-state index >= 15 is 0 Å². The van der Waals surface area contributed by atoms with Crippen LogP contribution in [0, 0.1) is 6.92 Å². The van der Waals surface area contributed by atoms with E-state index in [9.17, 15) is 19.2 Å². The van der Waals surface area contributed by atoms with Gasteiger partial charge >= 0.3 is 0 Å². The minimum atomic E-state index is -0.647. The molecule has 2 aliphatic heterocycles. The van der Waals surface area contributed by atoms with Crippen LogP contribution in [0.25, 0.3) is 0 Å². The molecule has 4 aromatic carbocycles. The summed E-state index contributed by atoms with van der Waals surface area (Å²) < 4.78 is 0. The molecule has 3 amide bonds. The molecule has 0 N–H and O–H groups in total. The number of fused-ring (bicyclic) bond motifs is 1. The number of ketones is 1. The number of imide groups is 1. The van der Waals surface area contributed by atoms with Crippen LogP contribution in [-0.4, -0.2) is 34.4 Å². The number of hydrogen-bond acceptors (Lipinski definition) is 4. The molecule has 0 aliphatic carbocycles. The molecule has 0 unspecified atom stereocenters. The minimum Gasteiger partial charge on any atom is -0.316 e. The molecule has 0 radical (unpaired) electrons. The standard InChI is InChI=1S/C31H22N2O4/c1-19-9-8-14-23(17-19)32-30(36)24-16-15-22(18-25(24)31(32)37)29(35)33-26(20-10-4-2-5-11-20)27(33)28(34)21-12-6-3-7-13-21/h2-18,26-27H,1H3/t26-,27+,33?/m0/s1. The third-order valence-electron chi connectivity index (χ3n) is 6.90. The number of nitrogens with zero attached hydrogens (tertiary/aromatic N) is 2. The maximum absolute atomic E-state index is 13.7. The smallest absolute Gasteiger partial charge is 0.266 e. The van der Waals surface area contributed by atoms with E-state index in [1.165, 1.54) is 12.1 Å². The average molecular weight is 487 g/mol. The van der Waals surface area contributed by atoms with Crippen LogP contribution in [0.4, 0.5) is 5.69 Å². The molecule has 37 heavy (non-hydrogen) atoms. The van der Waals surface area contributed by atoms with Crippen molar-refractivity contribution >= 4 is 29.2 Å². The Hall–Kier alpha value is -4.84. The SMILES string of the molecule is Cc1cccc(N2C(=O)c3ccc(C(=O)N4[C@@H](C(=O)c5ccccc5)[C@@H]4c4ccccc4)cc3C2=O)c1. The summed E-state index contributed by atoms with van der Waals surface area (Å²) in [6.45, 7) is 1.89. The second-order valence-electron chi connectivity index (χ2n) is 9.29. The average Bonchev–Trinajstić information content (AvgIpc) is 3.63. The quantitative estimate of drug-likeness (QED) is 0.220. The molecule has 1 saturated heterocycles. The van der Waals surface area contributed by atoms with Gasteiger partial charge in [-0.3, -0.25) is 19.2 Å². The van der Waals surface area contributed by atoms with Gasteiger partial charge < -0.3 is 4.90 Å². The fourth-order valence-electron chi connectivity index (χ4n) is 5.04. The molecule has 0 spiro atoms. The van der Waals surface area contributed by atoms with Crippen molar-refractivity contribution in [1.82, 2.24) is 4.90 Å². The van der Waals surface area contributed by atoms with Crippen molar-refractivity contribution in [2.24, 2.45) is 0 Å². The van der Waals surface area contributed by atoms with Gasteiger partial charge in [-0.2, -0.15) is 0 Å². The fourth-order valence-corrected chi connectivity index (χ4v) is 5.04. The molecule has 2 atom stereocenters. The van der Waals surface area contributed by atoms with Crippen molar-refractivity contribution in [3.63, 3.8) is 0 Å². The first-order valence-corrected chi connectivity index (χ1v) is 12.0. The van der Waals surface area contributed by atoms with Crippen molar-refractivity contribution in [1.29, 1.82) is 0 Å². The van der Waals surface area contributed by atoms with Gasteiger partial charge in [0.25, 0.3) is 17.7 Å². The highest BCUT2D eigenvalue weighted by atomic mass is 16.2. The summed E-state index contributed by atoms with van der Waals surface area (Å²) >= 11 is 0. The number of benzene rings is 4. The summed E-state index contributed by atoms with van der Waals surface area (Å²) in [4.78, 5) is 56.0. The topological polar surface area (TPSA) is 74.5 Å². The van der Waals surface area contributed by atoms with Gasteiger partial charge in [0.1, 0.15) is 6.04 Å². The Balaban J connectivity index is 1.33. The van der Waals surface area contributed by atoms with Gasteiger partial charge in [-0.1, -0.05) is 72.8 Å². The van der Waals surface area contributed by atoms with Crippen LogP contribution in [-0.2, 0) is 0 Å². The maximum atomic E-state index is 13.7. The van der Waals surface area contributed by atoms with E-state index in [2.05, 4.69) is 0 Å². The molecular formula is C31H22N2O4. The number of Topliss-reactive ketones (excluding diaryl/α,β-unsaturated/α-hetero) is 1. The molecule has 0 aromatic heterocycles. The zero-order valence-corrected chi connectivity index (χ0v) is 20.0. The van der Waals surface area contributed by atoms with Crippen LogP contribution in [0.5, 0.6) is 0 Å². The van der Waals surface area contributed by atoms with E-state index in [0.29, 0.717) is 11.3 Å². The summed E-state index contributed by atoms with van der Waals surface area (Å²) in [5.74, 6) is -1.39. The van der Waals surface area contributed by atoms with Crippen molar-refractivity contribution in [3.05, 3.63) is 137 Å². The normalized spacial score (nSPS) is 18.1. The Morgan fingerprint density at radius 1 is 0.676 bits per heavy atom. The van der Waals surface area contributed by atoms with Crippen molar-refractivity contribution in [2.45, 2.75) is 19.0 Å². The van der Waals surface area contributed by atoms with Crippen molar-refractivity contribution in [3.8, 4) is 0 Å². The summed E-state index contributed by atoms with van der Waals surface area (Å²) in [7, 11) is 0. The van der Waals surface area contributed by atoms with Crippen LogP contribution >= 0.6 is 0 Å². The van der Waals surface area contributed by atoms with Gasteiger partial charge in [-0.25, -0.2) is 4.90 Å². The van der Waals surface area contributed by atoms with Crippen LogP contribution in [0.15, 0.2) is 103 Å². The molecule has 6 rings (SSSR count). The van der Waals surface area contributed by atoms with Gasteiger partial charge in [0.05, 0.1) is 22.9 Å². The summed E-state index contributed by atoms with van der Waals surface area (Å²) in [6, 6.07) is 29.0. The van der Waals surface area contributed by atoms with Gasteiger partial charge in [-0.15, -0.1) is 0 Å². The Morgan fingerprint density at radius 2 is 1.35 bits per heavy atom. The van der Waals surface area contributed by atoms with Gasteiger partial charge in [0.15, 0.2) is 5.78 Å². The third kappa shape index (κ3) is 3.74. The number of hydrogen-bond donors (Lipinski definition) is 0. The summed E-state index contributed by atoms with van der Waals surface area (Å²) in [5.41, 5.74) is 3.51. The first-order chi connectivity index (χ1) is 18.0. The first-order valence-electron chi connectivity index (χ1n) is 12.0. The molecular weight excluding hydrogens is 464 g/mol. The van der Waals surface area contributed by atoms with E-state index in [1.54, 1.807) is 53.4 Å². The van der Waals surface area contributed by atoms with Crippen LogP contribution in [0.3, 0.4) is 0 Å². The Morgan fingerprint density at radius 3 is 2.05 bits per heavy atom. The van der Waals surface area contributed by atoms with Gasteiger partial charge in [0.2, 0.25) is 0 Å². The van der Waals surface area contributed by atoms with E-state index in [4.69, 9.17) is 0 Å². The zero-order chi connectivity index (χ0) is 25.7. The lowest BCUT2D eigenvalue weighted by Gasteiger charge is -2.14. The van der Waals surface area contributed by atoms with E-state index in [-0.39, 0.29) is 28.4 Å². The molecule has 0 saturated carbocycles. The highest BCUT2D eigenvalue weighted by Crippen LogP contribution is 2.46. The van der Waals surface area contributed by atoms with E-state index < -0.39 is 23.9 Å². The van der Waals surface area contributed by atoms with Crippen molar-refractivity contribution < 1.29 is 19.2 Å². The second-order valence-corrected chi connectivity index (χ2v) is 9.29. The molecule has 2 aliphatic rings. The number of aryl methyl sites for hydroxylation is 1. The minimum absolute atomic E-state index is 0.138. The third-order valence-corrected chi connectivity index (χ3v) is 6.90. The predicted octanol–water partition coefficient (Wildman–Crippen LogP) is 5.24. The lowest BCUT2D eigenvalue weighted by atomic mass is 10.0. The summed E-state index contributed by atoms with van der Waals surface area (Å²) in [6.07, 6.45) is 0. The number of amides is 3. The number of rotatable bonds is 5. The van der Waals surface area contributed by atoms with Gasteiger partial charge in [0, 0.05) is 11.1 Å². The molecule has 1 fully saturated rings. The Bertz CT molecular complexity index is 1580. The monoisotopic (exact) mass is 486 g/mol. The number of anilines is 1. The highest BCUT2D eigenvalue weighted by Gasteiger charge is 2.56. The van der Waals surface area contributed by atoms with E-state index in [0.717, 1.165) is 16.0 Å². The first kappa shape index (κ1) is 22.6. The van der Waals surface area contributed by atoms with Crippen LogP contribution < -0.4 is 4.90 Å². The fraction of sp³-hybridized carbons (Fsp3) is 0.0968. The summed E-state index contributed by atoms with van der Waals surface area (Å²) in [5, 5.41) is 0. The largest absolute Gasteiger partial charge is 0.316 e. The highest BCUT2D eigenvalue weighted by molar-refractivity contribution is 6.34. The van der Waals surface area contributed by atoms with Crippen molar-refractivity contribution in [2.75, 3.05) is 4.90 Å². The predicted molar refractivity (Wildman–Crippen MR) is 139 cm³/mol. The lowest BCUT2D eigenvalue weighted by Crippen LogP contribution is -2.29. The lowest BCUT2D eigenvalue weighted by molar-refractivity contribution is 0.0833. The van der Waals surface area contributed by atoms with Gasteiger partial charge in [-0.05, 0) is 48.4 Å².